The molecule has 178 valence electrons. The Kier molecular flexibility index (Phi) is 3.03. The van der Waals surface area contributed by atoms with Crippen molar-refractivity contribution in [1.29, 1.82) is 0 Å². The van der Waals surface area contributed by atoms with Crippen molar-refractivity contribution in [2.45, 2.75) is 0 Å². The molecule has 0 aliphatic heterocycles. The highest BCUT2D eigenvalue weighted by atomic mass is 15.1. The van der Waals surface area contributed by atoms with E-state index in [-0.39, 0.29) is 41.8 Å². The summed E-state index contributed by atoms with van der Waals surface area (Å²) in [5.41, 5.74) is 4.71. The van der Waals surface area contributed by atoms with Gasteiger partial charge in [0.1, 0.15) is 0 Å². The van der Waals surface area contributed by atoms with Crippen molar-refractivity contribution in [3.63, 3.8) is 0 Å². The van der Waals surface area contributed by atoms with Gasteiger partial charge in [-0.15, -0.1) is 0 Å². The Morgan fingerprint density at radius 3 is 1.95 bits per heavy atom. The molecule has 0 aliphatic rings. The van der Waals surface area contributed by atoms with E-state index in [4.69, 9.17) is 12.3 Å². The molecule has 0 spiro atoms. The van der Waals surface area contributed by atoms with Crippen LogP contribution in [0, 0.1) is 0 Å². The summed E-state index contributed by atoms with van der Waals surface area (Å²) in [7, 11) is 0. The molecule has 0 saturated carbocycles. The number of hydrogen-bond donors (Lipinski definition) is 0. The van der Waals surface area contributed by atoms with Crippen LogP contribution in [0.25, 0.3) is 66.1 Å². The molecule has 8 aromatic rings. The monoisotopic (exact) mass is 493 g/mol. The molecular weight excluding hydrogens is 460 g/mol. The third-order valence-corrected chi connectivity index (χ3v) is 7.11. The summed E-state index contributed by atoms with van der Waals surface area (Å²) in [6.07, 6.45) is 0. The van der Waals surface area contributed by atoms with E-state index in [2.05, 4.69) is 4.57 Å². The molecule has 2 aromatic heterocycles. The van der Waals surface area contributed by atoms with Gasteiger partial charge in [0, 0.05) is 27.2 Å². The second-order valence-corrected chi connectivity index (χ2v) is 9.15. The second-order valence-electron chi connectivity index (χ2n) is 9.15. The van der Waals surface area contributed by atoms with Crippen molar-refractivity contribution in [2.24, 2.45) is 0 Å². The lowest BCUT2D eigenvalue weighted by molar-refractivity contribution is 1.13. The largest absolute Gasteiger partial charge is 0.307 e. The van der Waals surface area contributed by atoms with E-state index in [0.717, 1.165) is 27.3 Å². The number of benzene rings is 6. The SMILES string of the molecule is [2H]c1c([2H])c([2H])c(-c2cccc(-n3c4ccccc4c4cccc(-n5c6ccccc6c6c([2H])c([2H])c([2H])c([2H])c65)c43)c2)c([2H])c1[2H]. The Hall–Kier alpha value is -5.08. The molecule has 0 saturated heterocycles. The fourth-order valence-electron chi connectivity index (χ4n) is 5.56. The summed E-state index contributed by atoms with van der Waals surface area (Å²) in [5, 5.41) is 3.02. The minimum atomic E-state index is -0.448. The van der Waals surface area contributed by atoms with E-state index in [1.165, 1.54) is 0 Å². The molecule has 2 heterocycles. The van der Waals surface area contributed by atoms with Crippen LogP contribution in [-0.2, 0) is 0 Å². The first-order valence-electron chi connectivity index (χ1n) is 16.8. The zero-order chi connectivity index (χ0) is 32.9. The number of hydrogen-bond acceptors (Lipinski definition) is 0. The fourth-order valence-corrected chi connectivity index (χ4v) is 5.56. The molecule has 0 bridgehead atoms. The summed E-state index contributed by atoms with van der Waals surface area (Å²) in [5.74, 6) is 0. The summed E-state index contributed by atoms with van der Waals surface area (Å²) in [6, 6.07) is 25.9. The van der Waals surface area contributed by atoms with Crippen molar-refractivity contribution < 1.29 is 12.3 Å². The smallest absolute Gasteiger partial charge is 0.0782 e. The van der Waals surface area contributed by atoms with Gasteiger partial charge in [0.15, 0.2) is 0 Å². The average molecular weight is 494 g/mol. The Labute approximate surface area is 233 Å². The van der Waals surface area contributed by atoms with E-state index < -0.39 is 18.1 Å². The molecule has 2 heteroatoms. The van der Waals surface area contributed by atoms with Crippen molar-refractivity contribution in [3.8, 4) is 22.5 Å². The first-order valence-corrected chi connectivity index (χ1v) is 12.3. The molecule has 6 aromatic carbocycles. The van der Waals surface area contributed by atoms with Crippen molar-refractivity contribution in [1.82, 2.24) is 9.13 Å². The van der Waals surface area contributed by atoms with E-state index in [1.807, 2.05) is 83.4 Å². The molecule has 0 radical (unpaired) electrons. The fraction of sp³-hybridized carbons (Fsp3) is 0. The van der Waals surface area contributed by atoms with E-state index >= 15 is 0 Å². The quantitative estimate of drug-likeness (QED) is 0.232. The van der Waals surface area contributed by atoms with Gasteiger partial charge in [0.05, 0.1) is 40.1 Å². The van der Waals surface area contributed by atoms with Gasteiger partial charge in [0.2, 0.25) is 0 Å². The van der Waals surface area contributed by atoms with Crippen LogP contribution in [0.1, 0.15) is 12.3 Å². The second kappa shape index (κ2) is 8.22. The third-order valence-electron chi connectivity index (χ3n) is 7.11. The van der Waals surface area contributed by atoms with Crippen LogP contribution < -0.4 is 0 Å². The Morgan fingerprint density at radius 2 is 1.11 bits per heavy atom. The predicted molar refractivity (Wildman–Crippen MR) is 161 cm³/mol. The third kappa shape index (κ3) is 3.01. The average Bonchev–Trinajstić information content (AvgIpc) is 3.62. The molecule has 0 atom stereocenters. The van der Waals surface area contributed by atoms with Gasteiger partial charge in [0.25, 0.3) is 0 Å². The number of nitrogens with zero attached hydrogens (tertiary/aromatic N) is 2. The predicted octanol–water partition coefficient (Wildman–Crippen LogP) is 9.55. The maximum absolute atomic E-state index is 9.00. The van der Waals surface area contributed by atoms with Gasteiger partial charge in [-0.1, -0.05) is 109 Å². The van der Waals surface area contributed by atoms with Crippen LogP contribution in [0.4, 0.5) is 0 Å². The first-order chi connectivity index (χ1) is 22.6. The molecule has 0 amide bonds. The molecule has 8 rings (SSSR count). The minimum Gasteiger partial charge on any atom is -0.307 e. The zero-order valence-electron chi connectivity index (χ0n) is 29.1. The highest BCUT2D eigenvalue weighted by Crippen LogP contribution is 2.39. The van der Waals surface area contributed by atoms with E-state index in [1.54, 1.807) is 12.1 Å². The molecule has 0 aliphatic carbocycles. The zero-order valence-corrected chi connectivity index (χ0v) is 20.1. The molecule has 0 fully saturated rings. The summed E-state index contributed by atoms with van der Waals surface area (Å²) >= 11 is 0. The molecule has 2 nitrogen and oxygen atoms in total. The normalized spacial score (nSPS) is 15.0. The van der Waals surface area contributed by atoms with Crippen molar-refractivity contribution in [2.75, 3.05) is 0 Å². The Balaban J connectivity index is 1.52. The van der Waals surface area contributed by atoms with Gasteiger partial charge in [-0.05, 0) is 47.5 Å². The van der Waals surface area contributed by atoms with Gasteiger partial charge in [-0.25, -0.2) is 0 Å². The summed E-state index contributed by atoms with van der Waals surface area (Å²) < 4.78 is 80.4. The lowest BCUT2D eigenvalue weighted by Crippen LogP contribution is -2.00. The van der Waals surface area contributed by atoms with Crippen molar-refractivity contribution in [3.05, 3.63) is 145 Å². The number of para-hydroxylation sites is 4. The van der Waals surface area contributed by atoms with Crippen LogP contribution >= 0.6 is 0 Å². The van der Waals surface area contributed by atoms with Gasteiger partial charge < -0.3 is 9.13 Å². The molecular formula is C36H24N2. The summed E-state index contributed by atoms with van der Waals surface area (Å²) in [6.45, 7) is 0. The first kappa shape index (κ1) is 14.0. The minimum absolute atomic E-state index is 0.102. The van der Waals surface area contributed by atoms with Crippen LogP contribution in [0.15, 0.2) is 145 Å². The molecule has 0 unspecified atom stereocenters. The number of aromatic nitrogens is 2. The highest BCUT2D eigenvalue weighted by molar-refractivity contribution is 6.15. The van der Waals surface area contributed by atoms with E-state index in [9.17, 15) is 0 Å². The Bertz CT molecular complexity index is 2610. The molecule has 38 heavy (non-hydrogen) atoms. The van der Waals surface area contributed by atoms with E-state index in [0.29, 0.717) is 33.2 Å². The lowest BCUT2D eigenvalue weighted by atomic mass is 10.1. The number of rotatable bonds is 3. The van der Waals surface area contributed by atoms with Crippen LogP contribution in [0.2, 0.25) is 0 Å². The summed E-state index contributed by atoms with van der Waals surface area (Å²) in [4.78, 5) is 0. The van der Waals surface area contributed by atoms with Crippen molar-refractivity contribution >= 4 is 43.6 Å². The topological polar surface area (TPSA) is 9.86 Å². The van der Waals surface area contributed by atoms with Crippen LogP contribution in [0.5, 0.6) is 0 Å². The van der Waals surface area contributed by atoms with Gasteiger partial charge in [-0.3, -0.25) is 0 Å². The molecule has 0 N–H and O–H groups in total. The Morgan fingerprint density at radius 1 is 0.447 bits per heavy atom. The maximum atomic E-state index is 9.00. The van der Waals surface area contributed by atoms with Gasteiger partial charge in [-0.2, -0.15) is 0 Å². The lowest BCUT2D eigenvalue weighted by Gasteiger charge is -2.15. The highest BCUT2D eigenvalue weighted by Gasteiger charge is 2.19. The standard InChI is InChI=1S/C36H24N2/c1-2-12-25(13-3-1)26-14-10-15-27(24-26)37-32-20-7-6-18-30(32)31-19-11-23-35(36(31)37)38-33-21-8-4-16-28(33)29-17-5-9-22-34(29)38/h1-24H/i1D,2D,3D,4D,8D,12D,13D,16D,21D. The van der Waals surface area contributed by atoms with Crippen LogP contribution in [0.3, 0.4) is 0 Å². The maximum Gasteiger partial charge on any atom is 0.0782 e. The van der Waals surface area contributed by atoms with Gasteiger partial charge >= 0.3 is 0 Å². The number of fused-ring (bicyclic) bond motifs is 6. The van der Waals surface area contributed by atoms with Crippen LogP contribution in [-0.4, -0.2) is 9.13 Å².